The molecule has 13 heteroatoms. The molecule has 0 saturated heterocycles. The van der Waals surface area contributed by atoms with E-state index < -0.39 is 11.6 Å². The molecule has 0 radical (unpaired) electrons. The van der Waals surface area contributed by atoms with Crippen LogP contribution in [0.1, 0.15) is 45.1 Å². The minimum Gasteiger partial charge on any atom is -0.504 e. The Morgan fingerprint density at radius 1 is 1.06 bits per heavy atom. The van der Waals surface area contributed by atoms with Crippen molar-refractivity contribution < 1.29 is 9.84 Å². The number of anilines is 1. The van der Waals surface area contributed by atoms with Crippen LogP contribution in [0.3, 0.4) is 0 Å². The average Bonchev–Trinajstić information content (AvgIpc) is 3.86. The Morgan fingerprint density at radius 3 is 2.64 bits per heavy atom. The fraction of sp³-hybridized carbons (Fsp3) is 0.235. The van der Waals surface area contributed by atoms with Crippen LogP contribution in [0.15, 0.2) is 78.4 Å². The minimum atomic E-state index is -0.593. The highest BCUT2D eigenvalue weighted by Crippen LogP contribution is 2.47. The average molecular weight is 629 g/mol. The van der Waals surface area contributed by atoms with Gasteiger partial charge in [-0.05, 0) is 63.6 Å². The lowest BCUT2D eigenvalue weighted by Gasteiger charge is -2.20. The van der Waals surface area contributed by atoms with Crippen LogP contribution in [0.2, 0.25) is 0 Å². The van der Waals surface area contributed by atoms with Gasteiger partial charge in [0.25, 0.3) is 5.56 Å². The lowest BCUT2D eigenvalue weighted by Crippen LogP contribution is -2.32. The van der Waals surface area contributed by atoms with Crippen LogP contribution in [0, 0.1) is 0 Å². The number of ether oxygens (including phenoxy) is 1. The highest BCUT2D eigenvalue weighted by atomic mass is 16.5. The van der Waals surface area contributed by atoms with E-state index in [0.29, 0.717) is 52.2 Å². The Balaban J connectivity index is 1.37. The Hall–Kier alpha value is -5.98. The molecule has 1 atom stereocenters. The number of nitrogens with two attached hydrogens (primary N) is 1. The van der Waals surface area contributed by atoms with E-state index >= 15 is 0 Å². The van der Waals surface area contributed by atoms with E-state index in [1.807, 2.05) is 75.0 Å². The number of nitrogen functional groups attached to an aromatic ring is 1. The lowest BCUT2D eigenvalue weighted by atomic mass is 9.95. The number of phenolic OH excluding ortho intramolecular Hbond substituents is 1. The van der Waals surface area contributed by atoms with E-state index in [1.165, 1.54) is 6.33 Å². The van der Waals surface area contributed by atoms with Gasteiger partial charge in [0.15, 0.2) is 23.0 Å². The zero-order valence-electron chi connectivity index (χ0n) is 26.3. The van der Waals surface area contributed by atoms with E-state index in [0.717, 1.165) is 22.3 Å². The predicted octanol–water partition coefficient (Wildman–Crippen LogP) is 4.81. The summed E-state index contributed by atoms with van der Waals surface area (Å²) in [6.45, 7) is 8.59. The fourth-order valence-corrected chi connectivity index (χ4v) is 6.54. The van der Waals surface area contributed by atoms with Gasteiger partial charge in [0.2, 0.25) is 0 Å². The molecule has 6 heterocycles. The molecule has 0 aliphatic carbocycles. The monoisotopic (exact) mass is 628 g/mol. The number of hydrogen-bond donors (Lipinski definition) is 2. The normalized spacial score (nSPS) is 14.5. The topological polar surface area (TPSA) is 157 Å². The van der Waals surface area contributed by atoms with Crippen molar-refractivity contribution in [3.8, 4) is 33.9 Å². The van der Waals surface area contributed by atoms with Gasteiger partial charge in [-0.15, -0.1) is 0 Å². The highest BCUT2D eigenvalue weighted by Gasteiger charge is 2.36. The van der Waals surface area contributed by atoms with Gasteiger partial charge in [-0.1, -0.05) is 12.1 Å². The van der Waals surface area contributed by atoms with Crippen molar-refractivity contribution in [3.05, 3.63) is 95.3 Å². The summed E-state index contributed by atoms with van der Waals surface area (Å²) in [5.74, 6) is 1.19. The Labute approximate surface area is 268 Å². The number of phenols is 1. The predicted molar refractivity (Wildman–Crippen MR) is 177 cm³/mol. The molecule has 236 valence electrons. The number of aromatic nitrogens is 9. The van der Waals surface area contributed by atoms with Crippen molar-refractivity contribution in [1.29, 1.82) is 0 Å². The molecule has 0 spiro atoms. The maximum atomic E-state index is 14.6. The number of hydrogen-bond acceptors (Lipinski definition) is 9. The summed E-state index contributed by atoms with van der Waals surface area (Å²) >= 11 is 0. The van der Waals surface area contributed by atoms with Crippen molar-refractivity contribution >= 4 is 27.8 Å². The number of benzene rings is 2. The molecule has 1 aliphatic rings. The number of fused-ring (bicyclic) bond motifs is 3. The molecule has 0 saturated carbocycles. The molecule has 3 N–H and O–H groups in total. The first-order valence-electron chi connectivity index (χ1n) is 15.4. The van der Waals surface area contributed by atoms with Crippen LogP contribution >= 0.6 is 0 Å². The van der Waals surface area contributed by atoms with Crippen molar-refractivity contribution in [2.45, 2.75) is 52.3 Å². The first kappa shape index (κ1) is 28.5. The van der Waals surface area contributed by atoms with Gasteiger partial charge in [0.1, 0.15) is 29.5 Å². The van der Waals surface area contributed by atoms with Crippen LogP contribution in [0.5, 0.6) is 11.5 Å². The number of aromatic hydroxyl groups is 1. The molecular weight excluding hydrogens is 596 g/mol. The number of nitrogens with zero attached hydrogens (tertiary/aromatic N) is 9. The molecule has 0 fully saturated rings. The van der Waals surface area contributed by atoms with Crippen LogP contribution in [-0.2, 0) is 13.0 Å². The molecule has 2 aromatic carbocycles. The SMILES string of the molecule is CCn1cc(-c2cccc3nc([C@H](C)n4nc(-c5ccc(O)c6c5CC(C)(C)O6)c5c(N)ncnc54)n(-n4cccc4)c(=O)c23)cn1. The Kier molecular flexibility index (Phi) is 6.23. The van der Waals surface area contributed by atoms with Gasteiger partial charge >= 0.3 is 0 Å². The fourth-order valence-electron chi connectivity index (χ4n) is 6.54. The van der Waals surface area contributed by atoms with E-state index in [9.17, 15) is 9.90 Å². The van der Waals surface area contributed by atoms with Crippen molar-refractivity contribution in [2.24, 2.45) is 0 Å². The summed E-state index contributed by atoms with van der Waals surface area (Å²) in [4.78, 5) is 28.6. The molecule has 7 aromatic rings. The first-order valence-corrected chi connectivity index (χ1v) is 15.4. The second-order valence-corrected chi connectivity index (χ2v) is 12.3. The molecule has 47 heavy (non-hydrogen) atoms. The van der Waals surface area contributed by atoms with Gasteiger partial charge in [-0.3, -0.25) is 14.2 Å². The number of rotatable bonds is 6. The first-order chi connectivity index (χ1) is 22.6. The quantitative estimate of drug-likeness (QED) is 0.264. The molecule has 0 bridgehead atoms. The largest absolute Gasteiger partial charge is 0.504 e. The third kappa shape index (κ3) is 4.37. The zero-order valence-corrected chi connectivity index (χ0v) is 26.3. The van der Waals surface area contributed by atoms with E-state index in [1.54, 1.807) is 38.7 Å². The second-order valence-electron chi connectivity index (χ2n) is 12.3. The van der Waals surface area contributed by atoms with Gasteiger partial charge < -0.3 is 15.6 Å². The van der Waals surface area contributed by atoms with Gasteiger partial charge in [-0.2, -0.15) is 14.9 Å². The smallest absolute Gasteiger partial charge is 0.281 e. The third-order valence-corrected chi connectivity index (χ3v) is 8.72. The van der Waals surface area contributed by atoms with Crippen molar-refractivity contribution in [3.63, 3.8) is 0 Å². The van der Waals surface area contributed by atoms with E-state index in [2.05, 4.69) is 15.1 Å². The summed E-state index contributed by atoms with van der Waals surface area (Å²) in [5, 5.41) is 21.2. The molecule has 13 nitrogen and oxygen atoms in total. The van der Waals surface area contributed by atoms with Crippen molar-refractivity contribution in [2.75, 3.05) is 5.73 Å². The molecule has 0 amide bonds. The number of aryl methyl sites for hydroxylation is 1. The standard InChI is InChI=1S/C34H32N10O3/c1-5-41-17-20(16-38-41)21-9-8-10-24-26(21)33(46)44(42-13-6-7-14-42)31(39-24)19(2)43-32-27(30(35)36-18-37-32)28(40-43)22-11-12-25(45)29-23(22)15-34(3,4)47-29/h6-14,16-19,45H,5,15H2,1-4H3,(H2,35,36,37)/t19-/m0/s1. The van der Waals surface area contributed by atoms with Crippen LogP contribution in [0.25, 0.3) is 44.3 Å². The maximum Gasteiger partial charge on any atom is 0.281 e. The minimum absolute atomic E-state index is 0.0631. The molecule has 8 rings (SSSR count). The van der Waals surface area contributed by atoms with Gasteiger partial charge in [-0.25, -0.2) is 19.6 Å². The third-order valence-electron chi connectivity index (χ3n) is 8.72. The maximum absolute atomic E-state index is 14.6. The summed E-state index contributed by atoms with van der Waals surface area (Å²) in [6, 6.07) is 12.2. The molecule has 0 unspecified atom stereocenters. The van der Waals surface area contributed by atoms with Crippen molar-refractivity contribution in [1.82, 2.24) is 43.9 Å². The zero-order chi connectivity index (χ0) is 32.6. The summed E-state index contributed by atoms with van der Waals surface area (Å²) in [5.41, 5.74) is 10.5. The van der Waals surface area contributed by atoms with Crippen LogP contribution < -0.4 is 16.0 Å². The highest BCUT2D eigenvalue weighted by molar-refractivity contribution is 5.99. The van der Waals surface area contributed by atoms with E-state index in [4.69, 9.17) is 20.6 Å². The lowest BCUT2D eigenvalue weighted by molar-refractivity contribution is 0.134. The summed E-state index contributed by atoms with van der Waals surface area (Å²) in [7, 11) is 0. The molecule has 5 aromatic heterocycles. The Morgan fingerprint density at radius 2 is 1.87 bits per heavy atom. The molecular formula is C34H32N10O3. The van der Waals surface area contributed by atoms with Gasteiger partial charge in [0.05, 0.1) is 22.5 Å². The molecule has 1 aliphatic heterocycles. The Bertz CT molecular complexity index is 2400. The second kappa shape index (κ2) is 10.3. The summed E-state index contributed by atoms with van der Waals surface area (Å²) in [6.07, 6.45) is 9.26. The van der Waals surface area contributed by atoms with E-state index in [-0.39, 0.29) is 17.1 Å². The summed E-state index contributed by atoms with van der Waals surface area (Å²) < 4.78 is 12.9. The van der Waals surface area contributed by atoms with Gasteiger partial charge in [0, 0.05) is 48.2 Å². The van der Waals surface area contributed by atoms with Crippen LogP contribution in [0.4, 0.5) is 5.82 Å². The van der Waals surface area contributed by atoms with Crippen LogP contribution in [-0.4, -0.2) is 54.6 Å².